The van der Waals surface area contributed by atoms with E-state index in [0.29, 0.717) is 5.95 Å². The highest BCUT2D eigenvalue weighted by Crippen LogP contribution is 2.43. The fraction of sp³-hybridized carbons (Fsp3) is 0.560. The summed E-state index contributed by atoms with van der Waals surface area (Å²) < 4.78 is 5.45. The highest BCUT2D eigenvalue weighted by atomic mass is 16.5. The number of fused-ring (bicyclic) bond motifs is 1. The molecule has 1 amide bonds. The van der Waals surface area contributed by atoms with Crippen LogP contribution >= 0.6 is 0 Å². The lowest BCUT2D eigenvalue weighted by Crippen LogP contribution is -2.44. The number of rotatable bonds is 5. The van der Waals surface area contributed by atoms with Crippen molar-refractivity contribution in [3.63, 3.8) is 0 Å². The Balaban J connectivity index is 1.37. The monoisotopic (exact) mass is 435 g/mol. The Labute approximate surface area is 190 Å². The maximum atomic E-state index is 13.3. The number of anilines is 3. The average molecular weight is 436 g/mol. The molecule has 2 aromatic rings. The Kier molecular flexibility index (Phi) is 5.86. The van der Waals surface area contributed by atoms with Crippen LogP contribution in [0, 0.1) is 0 Å². The molecule has 1 aromatic carbocycles. The third-order valence-electron chi connectivity index (χ3n) is 7.06. The predicted molar refractivity (Wildman–Crippen MR) is 125 cm³/mol. The molecule has 1 N–H and O–H groups in total. The number of nitrogens with one attached hydrogen (secondary N) is 1. The number of hydrogen-bond donors (Lipinski definition) is 1. The molecule has 1 saturated carbocycles. The molecule has 170 valence electrons. The molecule has 1 aliphatic carbocycles. The summed E-state index contributed by atoms with van der Waals surface area (Å²) in [6.45, 7) is 8.41. The summed E-state index contributed by atoms with van der Waals surface area (Å²) in [5.74, 6) is 1.48. The van der Waals surface area contributed by atoms with Crippen LogP contribution < -0.4 is 10.2 Å². The smallest absolute Gasteiger partial charge is 0.238 e. The summed E-state index contributed by atoms with van der Waals surface area (Å²) in [4.78, 5) is 27.1. The number of morpholine rings is 1. The summed E-state index contributed by atoms with van der Waals surface area (Å²) in [5, 5.41) is 3.37. The Bertz CT molecular complexity index is 980. The molecular weight excluding hydrogens is 402 g/mol. The van der Waals surface area contributed by atoms with Gasteiger partial charge in [0.15, 0.2) is 0 Å². The molecular formula is C25H33N5O2. The van der Waals surface area contributed by atoms with E-state index in [0.717, 1.165) is 62.8 Å². The van der Waals surface area contributed by atoms with Gasteiger partial charge >= 0.3 is 0 Å². The number of amides is 1. The van der Waals surface area contributed by atoms with Crippen LogP contribution in [0.15, 0.2) is 30.5 Å². The van der Waals surface area contributed by atoms with Gasteiger partial charge in [-0.25, -0.2) is 4.98 Å². The summed E-state index contributed by atoms with van der Waals surface area (Å²) in [7, 11) is 0. The Morgan fingerprint density at radius 2 is 1.94 bits per heavy atom. The highest BCUT2D eigenvalue weighted by molar-refractivity contribution is 6.07. The van der Waals surface area contributed by atoms with Crippen molar-refractivity contribution in [1.82, 2.24) is 14.9 Å². The topological polar surface area (TPSA) is 70.6 Å². The molecule has 0 spiro atoms. The largest absolute Gasteiger partial charge is 0.379 e. The zero-order valence-electron chi connectivity index (χ0n) is 19.1. The molecule has 7 heteroatoms. The molecule has 0 unspecified atom stereocenters. The van der Waals surface area contributed by atoms with Gasteiger partial charge in [-0.3, -0.25) is 14.6 Å². The fourth-order valence-electron chi connectivity index (χ4n) is 5.14. The Morgan fingerprint density at radius 3 is 2.72 bits per heavy atom. The van der Waals surface area contributed by atoms with Gasteiger partial charge in [-0.2, -0.15) is 4.98 Å². The third-order valence-corrected chi connectivity index (χ3v) is 7.06. The molecule has 3 aliphatic rings. The zero-order chi connectivity index (χ0) is 22.1. The molecule has 3 heterocycles. The summed E-state index contributed by atoms with van der Waals surface area (Å²) in [6.07, 6.45) is 7.55. The lowest BCUT2D eigenvalue weighted by atomic mass is 9.87. The number of nitrogens with zero attached hydrogens (tertiary/aromatic N) is 4. The van der Waals surface area contributed by atoms with Gasteiger partial charge < -0.3 is 10.1 Å². The number of ether oxygens (including phenoxy) is 1. The fourth-order valence-corrected chi connectivity index (χ4v) is 5.14. The second-order valence-corrected chi connectivity index (χ2v) is 9.74. The molecule has 1 saturated heterocycles. The molecule has 32 heavy (non-hydrogen) atoms. The van der Waals surface area contributed by atoms with Crippen molar-refractivity contribution in [2.24, 2.45) is 0 Å². The van der Waals surface area contributed by atoms with Crippen LogP contribution in [0.1, 0.15) is 57.1 Å². The first-order chi connectivity index (χ1) is 15.5. The SMILES string of the molecule is CC1(C)C(=O)N(C2CCCCC2)c2nc(Nc3cccc(CN4CCOCC4)c3)ncc21. The first kappa shape index (κ1) is 21.3. The second kappa shape index (κ2) is 8.79. The molecule has 7 nitrogen and oxygen atoms in total. The van der Waals surface area contributed by atoms with E-state index in [-0.39, 0.29) is 11.9 Å². The van der Waals surface area contributed by atoms with Gasteiger partial charge in [-0.1, -0.05) is 31.4 Å². The average Bonchev–Trinajstić information content (AvgIpc) is 3.00. The molecule has 5 rings (SSSR count). The van der Waals surface area contributed by atoms with Gasteiger partial charge in [0.1, 0.15) is 5.82 Å². The lowest BCUT2D eigenvalue weighted by Gasteiger charge is -2.32. The minimum absolute atomic E-state index is 0.151. The van der Waals surface area contributed by atoms with E-state index in [1.54, 1.807) is 0 Å². The lowest BCUT2D eigenvalue weighted by molar-refractivity contribution is -0.122. The second-order valence-electron chi connectivity index (χ2n) is 9.74. The van der Waals surface area contributed by atoms with Gasteiger partial charge in [0, 0.05) is 43.1 Å². The molecule has 2 fully saturated rings. The molecule has 0 atom stereocenters. The minimum atomic E-state index is -0.580. The van der Waals surface area contributed by atoms with Gasteiger partial charge in [0.2, 0.25) is 11.9 Å². The van der Waals surface area contributed by atoms with E-state index in [1.165, 1.54) is 24.8 Å². The quantitative estimate of drug-likeness (QED) is 0.765. The standard InChI is InChI=1S/C25H33N5O2/c1-25(2)21-16-26-24(28-22(21)30(23(25)31)20-9-4-3-5-10-20)27-19-8-6-7-18(15-19)17-29-11-13-32-14-12-29/h6-8,15-16,20H,3-5,9-14,17H2,1-2H3,(H,26,27,28). The Hall–Kier alpha value is -2.51. The number of benzene rings is 1. The summed E-state index contributed by atoms with van der Waals surface area (Å²) in [6, 6.07) is 8.65. The number of carbonyl (C=O) groups excluding carboxylic acids is 1. The van der Waals surface area contributed by atoms with Crippen LogP contribution in [0.25, 0.3) is 0 Å². The highest BCUT2D eigenvalue weighted by Gasteiger charge is 2.48. The van der Waals surface area contributed by atoms with Crippen LogP contribution in [0.5, 0.6) is 0 Å². The van der Waals surface area contributed by atoms with Gasteiger partial charge in [0.05, 0.1) is 18.6 Å². The van der Waals surface area contributed by atoms with Crippen LogP contribution in [-0.4, -0.2) is 53.1 Å². The number of carbonyl (C=O) groups is 1. The first-order valence-electron chi connectivity index (χ1n) is 11.9. The van der Waals surface area contributed by atoms with Crippen molar-refractivity contribution >= 4 is 23.4 Å². The van der Waals surface area contributed by atoms with Crippen molar-refractivity contribution in [2.75, 3.05) is 36.5 Å². The molecule has 0 radical (unpaired) electrons. The van der Waals surface area contributed by atoms with Crippen molar-refractivity contribution in [2.45, 2.75) is 64.0 Å². The maximum Gasteiger partial charge on any atom is 0.238 e. The van der Waals surface area contributed by atoms with Crippen molar-refractivity contribution in [3.05, 3.63) is 41.6 Å². The first-order valence-corrected chi connectivity index (χ1v) is 11.9. The molecule has 1 aromatic heterocycles. The summed E-state index contributed by atoms with van der Waals surface area (Å²) >= 11 is 0. The number of aromatic nitrogens is 2. The van der Waals surface area contributed by atoms with Crippen LogP contribution in [0.4, 0.5) is 17.5 Å². The van der Waals surface area contributed by atoms with Crippen molar-refractivity contribution in [1.29, 1.82) is 0 Å². The van der Waals surface area contributed by atoms with Gasteiger partial charge in [-0.15, -0.1) is 0 Å². The maximum absolute atomic E-state index is 13.3. The Morgan fingerprint density at radius 1 is 1.16 bits per heavy atom. The van der Waals surface area contributed by atoms with Crippen LogP contribution in [-0.2, 0) is 21.5 Å². The van der Waals surface area contributed by atoms with Gasteiger partial charge in [0.25, 0.3) is 0 Å². The van der Waals surface area contributed by atoms with Crippen molar-refractivity contribution < 1.29 is 9.53 Å². The van der Waals surface area contributed by atoms with E-state index in [9.17, 15) is 4.79 Å². The minimum Gasteiger partial charge on any atom is -0.379 e. The third kappa shape index (κ3) is 4.11. The van der Waals surface area contributed by atoms with Crippen LogP contribution in [0.2, 0.25) is 0 Å². The predicted octanol–water partition coefficient (Wildman–Crippen LogP) is 4.01. The van der Waals surface area contributed by atoms with E-state index >= 15 is 0 Å². The van der Waals surface area contributed by atoms with E-state index in [4.69, 9.17) is 9.72 Å². The molecule has 0 bridgehead atoms. The van der Waals surface area contributed by atoms with E-state index < -0.39 is 5.41 Å². The zero-order valence-corrected chi connectivity index (χ0v) is 19.1. The van der Waals surface area contributed by atoms with E-state index in [1.807, 2.05) is 31.0 Å². The van der Waals surface area contributed by atoms with E-state index in [2.05, 4.69) is 33.4 Å². The number of hydrogen-bond acceptors (Lipinski definition) is 6. The van der Waals surface area contributed by atoms with Gasteiger partial charge in [-0.05, 0) is 44.4 Å². The normalized spacial score (nSPS) is 21.6. The summed E-state index contributed by atoms with van der Waals surface area (Å²) in [5.41, 5.74) is 2.56. The molecule has 2 aliphatic heterocycles. The van der Waals surface area contributed by atoms with Crippen LogP contribution in [0.3, 0.4) is 0 Å². The van der Waals surface area contributed by atoms with Crippen molar-refractivity contribution in [3.8, 4) is 0 Å².